The summed E-state index contributed by atoms with van der Waals surface area (Å²) in [5, 5.41) is 26.5. The van der Waals surface area contributed by atoms with E-state index in [0.717, 1.165) is 0 Å². The Bertz CT molecular complexity index is 556. The van der Waals surface area contributed by atoms with Gasteiger partial charge in [-0.1, -0.05) is 16.7 Å². The van der Waals surface area contributed by atoms with E-state index in [2.05, 4.69) is 31.2 Å². The summed E-state index contributed by atoms with van der Waals surface area (Å²) in [6.07, 6.45) is 1.48. The summed E-state index contributed by atoms with van der Waals surface area (Å²) in [6, 6.07) is 3.13. The van der Waals surface area contributed by atoms with E-state index in [9.17, 15) is 5.11 Å². The number of aromatic hydroxyl groups is 1. The van der Waals surface area contributed by atoms with Crippen LogP contribution >= 0.6 is 11.6 Å². The van der Waals surface area contributed by atoms with E-state index in [4.69, 9.17) is 16.3 Å². The van der Waals surface area contributed by atoms with Crippen molar-refractivity contribution in [3.63, 3.8) is 0 Å². The van der Waals surface area contributed by atoms with E-state index in [-0.39, 0.29) is 22.5 Å². The zero-order chi connectivity index (χ0) is 13.0. The number of hydrogen-bond acceptors (Lipinski definition) is 7. The minimum absolute atomic E-state index is 0.109. The maximum atomic E-state index is 9.55. The molecule has 0 unspecified atom stereocenters. The fourth-order valence-electron chi connectivity index (χ4n) is 1.20. The molecule has 1 aromatic carbocycles. The number of phenolic OH excluding ortho intramolecular Hbond substituents is 1. The number of benzene rings is 1. The summed E-state index contributed by atoms with van der Waals surface area (Å²) in [5.41, 5.74) is 3.20. The molecule has 0 fully saturated rings. The van der Waals surface area contributed by atoms with Crippen LogP contribution in [0.1, 0.15) is 5.56 Å². The van der Waals surface area contributed by atoms with E-state index in [0.29, 0.717) is 5.56 Å². The number of methoxy groups -OCH3 is 1. The molecule has 0 aliphatic rings. The number of anilines is 1. The van der Waals surface area contributed by atoms with Crippen LogP contribution < -0.4 is 10.2 Å². The van der Waals surface area contributed by atoms with Gasteiger partial charge in [-0.15, -0.1) is 5.10 Å². The molecule has 0 saturated heterocycles. The molecule has 0 bridgehead atoms. The normalized spacial score (nSPS) is 10.8. The van der Waals surface area contributed by atoms with Gasteiger partial charge in [-0.2, -0.15) is 10.3 Å². The maximum absolute atomic E-state index is 9.55. The van der Waals surface area contributed by atoms with E-state index < -0.39 is 0 Å². The van der Waals surface area contributed by atoms with Gasteiger partial charge in [-0.3, -0.25) is 0 Å². The lowest BCUT2D eigenvalue weighted by Gasteiger charge is -2.05. The molecule has 0 aliphatic carbocycles. The highest BCUT2D eigenvalue weighted by Crippen LogP contribution is 2.34. The molecule has 0 amide bonds. The summed E-state index contributed by atoms with van der Waals surface area (Å²) < 4.78 is 4.96. The third-order valence-corrected chi connectivity index (χ3v) is 2.28. The van der Waals surface area contributed by atoms with Gasteiger partial charge in [0.05, 0.1) is 18.3 Å². The molecule has 8 nitrogen and oxygen atoms in total. The van der Waals surface area contributed by atoms with Crippen molar-refractivity contribution in [2.75, 3.05) is 12.5 Å². The molecule has 94 valence electrons. The topological polar surface area (TPSA) is 108 Å². The van der Waals surface area contributed by atoms with Crippen LogP contribution in [0.3, 0.4) is 0 Å². The molecule has 9 heteroatoms. The van der Waals surface area contributed by atoms with Crippen molar-refractivity contribution in [1.29, 1.82) is 0 Å². The number of hydrazone groups is 1. The van der Waals surface area contributed by atoms with Gasteiger partial charge in [0.15, 0.2) is 11.5 Å². The van der Waals surface area contributed by atoms with Gasteiger partial charge in [-0.25, -0.2) is 5.43 Å². The molecule has 1 heterocycles. The largest absolute Gasteiger partial charge is 0.503 e. The van der Waals surface area contributed by atoms with Crippen molar-refractivity contribution < 1.29 is 9.84 Å². The standard InChI is InChI=1S/C9H9ClN6O2/c1-18-7-3-5(2-6(10)8(7)17)4-11-12-9-13-15-16-14-9/h2-4,17H,1H3,(H2,12,13,14,15,16)/b11-4+. The van der Waals surface area contributed by atoms with Crippen molar-refractivity contribution in [3.05, 3.63) is 22.7 Å². The Morgan fingerprint density at radius 1 is 1.56 bits per heavy atom. The van der Waals surface area contributed by atoms with Crippen LogP contribution in [0.2, 0.25) is 5.02 Å². The number of phenols is 1. The molecule has 0 spiro atoms. The number of aromatic amines is 1. The first kappa shape index (κ1) is 12.1. The second kappa shape index (κ2) is 5.32. The number of tetrazole rings is 1. The quantitative estimate of drug-likeness (QED) is 0.564. The lowest BCUT2D eigenvalue weighted by atomic mass is 10.2. The van der Waals surface area contributed by atoms with E-state index in [1.165, 1.54) is 13.3 Å². The van der Waals surface area contributed by atoms with E-state index >= 15 is 0 Å². The number of aromatic nitrogens is 4. The van der Waals surface area contributed by atoms with Crippen LogP contribution in [0.25, 0.3) is 0 Å². The highest BCUT2D eigenvalue weighted by atomic mass is 35.5. The highest BCUT2D eigenvalue weighted by molar-refractivity contribution is 6.32. The number of nitrogens with one attached hydrogen (secondary N) is 2. The van der Waals surface area contributed by atoms with Crippen molar-refractivity contribution in [3.8, 4) is 11.5 Å². The van der Waals surface area contributed by atoms with Crippen LogP contribution in [0, 0.1) is 0 Å². The van der Waals surface area contributed by atoms with Gasteiger partial charge in [0.1, 0.15) is 0 Å². The van der Waals surface area contributed by atoms with Crippen molar-refractivity contribution in [2.24, 2.45) is 5.10 Å². The predicted octanol–water partition coefficient (Wildman–Crippen LogP) is 1.01. The van der Waals surface area contributed by atoms with E-state index in [1.807, 2.05) is 0 Å². The average Bonchev–Trinajstić information content (AvgIpc) is 2.86. The van der Waals surface area contributed by atoms with Crippen LogP contribution in [0.5, 0.6) is 11.5 Å². The van der Waals surface area contributed by atoms with Crippen LogP contribution in [0.4, 0.5) is 5.95 Å². The summed E-state index contributed by atoms with van der Waals surface area (Å²) in [5.74, 6) is 0.397. The van der Waals surface area contributed by atoms with E-state index in [1.54, 1.807) is 12.1 Å². The summed E-state index contributed by atoms with van der Waals surface area (Å²) in [4.78, 5) is 0. The first-order chi connectivity index (χ1) is 8.70. The second-order valence-electron chi connectivity index (χ2n) is 3.16. The van der Waals surface area contributed by atoms with Crippen LogP contribution in [-0.2, 0) is 0 Å². The zero-order valence-corrected chi connectivity index (χ0v) is 10.0. The molecular weight excluding hydrogens is 260 g/mol. The lowest BCUT2D eigenvalue weighted by Crippen LogP contribution is -1.93. The second-order valence-corrected chi connectivity index (χ2v) is 3.57. The minimum atomic E-state index is -0.109. The molecule has 18 heavy (non-hydrogen) atoms. The zero-order valence-electron chi connectivity index (χ0n) is 9.25. The fraction of sp³-hybridized carbons (Fsp3) is 0.111. The Labute approximate surface area is 107 Å². The third kappa shape index (κ3) is 2.66. The molecule has 2 aromatic rings. The first-order valence-electron chi connectivity index (χ1n) is 4.79. The lowest BCUT2D eigenvalue weighted by molar-refractivity contribution is 0.373. The van der Waals surface area contributed by atoms with Gasteiger partial charge in [-0.05, 0) is 22.9 Å². The van der Waals surface area contributed by atoms with Crippen molar-refractivity contribution in [1.82, 2.24) is 20.6 Å². The van der Waals surface area contributed by atoms with Crippen molar-refractivity contribution >= 4 is 23.8 Å². The Kier molecular flexibility index (Phi) is 3.58. The predicted molar refractivity (Wildman–Crippen MR) is 65.1 cm³/mol. The first-order valence-corrected chi connectivity index (χ1v) is 5.17. The molecule has 0 atom stereocenters. The minimum Gasteiger partial charge on any atom is -0.503 e. The maximum Gasteiger partial charge on any atom is 0.283 e. The molecule has 0 radical (unpaired) electrons. The Balaban J connectivity index is 2.14. The monoisotopic (exact) mass is 268 g/mol. The molecule has 0 saturated carbocycles. The highest BCUT2D eigenvalue weighted by Gasteiger charge is 2.07. The average molecular weight is 269 g/mol. The number of hydrogen-bond donors (Lipinski definition) is 3. The molecule has 3 N–H and O–H groups in total. The number of nitrogens with zero attached hydrogens (tertiary/aromatic N) is 4. The van der Waals surface area contributed by atoms with Gasteiger partial charge >= 0.3 is 0 Å². The van der Waals surface area contributed by atoms with Crippen LogP contribution in [0.15, 0.2) is 17.2 Å². The molecule has 1 aromatic heterocycles. The smallest absolute Gasteiger partial charge is 0.283 e. The SMILES string of the molecule is COc1cc(/C=N/Nc2nn[nH]n2)cc(Cl)c1O. The Morgan fingerprint density at radius 3 is 3.06 bits per heavy atom. The Morgan fingerprint density at radius 2 is 2.39 bits per heavy atom. The number of rotatable bonds is 4. The molecule has 2 rings (SSSR count). The summed E-state index contributed by atoms with van der Waals surface area (Å²) in [7, 11) is 1.43. The number of H-pyrrole nitrogens is 1. The summed E-state index contributed by atoms with van der Waals surface area (Å²) in [6.45, 7) is 0. The van der Waals surface area contributed by atoms with Gasteiger partial charge in [0, 0.05) is 0 Å². The van der Waals surface area contributed by atoms with Crippen molar-refractivity contribution in [2.45, 2.75) is 0 Å². The fourth-order valence-corrected chi connectivity index (χ4v) is 1.42. The third-order valence-electron chi connectivity index (χ3n) is 1.99. The number of ether oxygens (including phenoxy) is 1. The number of halogens is 1. The summed E-state index contributed by atoms with van der Waals surface area (Å²) >= 11 is 5.82. The van der Waals surface area contributed by atoms with Gasteiger partial charge in [0.2, 0.25) is 0 Å². The van der Waals surface area contributed by atoms with Gasteiger partial charge < -0.3 is 9.84 Å². The Hall–Kier alpha value is -2.35. The van der Waals surface area contributed by atoms with Gasteiger partial charge in [0.25, 0.3) is 5.95 Å². The molecular formula is C9H9ClN6O2. The molecule has 0 aliphatic heterocycles. The van der Waals surface area contributed by atoms with Crippen LogP contribution in [-0.4, -0.2) is 39.1 Å².